The Morgan fingerprint density at radius 2 is 1.51 bits per heavy atom. The summed E-state index contributed by atoms with van der Waals surface area (Å²) in [5.41, 5.74) is 0.197. The zero-order valence-electron chi connectivity index (χ0n) is 29.3. The van der Waals surface area contributed by atoms with Gasteiger partial charge in [0.05, 0.1) is 6.61 Å². The summed E-state index contributed by atoms with van der Waals surface area (Å²) in [5.74, 6) is -0.746. The molecule has 0 N–H and O–H groups in total. The maximum Gasteiger partial charge on any atom is 0.303 e. The highest BCUT2D eigenvalue weighted by Crippen LogP contribution is 2.59. The van der Waals surface area contributed by atoms with Crippen molar-refractivity contribution in [3.05, 3.63) is 84.0 Å². The minimum atomic E-state index is -2.94. The van der Waals surface area contributed by atoms with Crippen LogP contribution in [0.4, 0.5) is 0 Å². The SMILES string of the molecule is CCCCC/C=C/C1=C(CO[Si](c2ccccc2)(c2ccccc2)C(C)(C)C)[C@H]2OC(C)(C)[C@H](OC(C)=O)C[C@]23O[C@@H]3[C@H]1OC(C)=O. The Labute approximate surface area is 281 Å². The van der Waals surface area contributed by atoms with Gasteiger partial charge >= 0.3 is 11.9 Å². The fourth-order valence-corrected chi connectivity index (χ4v) is 12.1. The van der Waals surface area contributed by atoms with Crippen molar-refractivity contribution in [2.24, 2.45) is 0 Å². The van der Waals surface area contributed by atoms with Crippen LogP contribution in [-0.2, 0) is 33.0 Å². The van der Waals surface area contributed by atoms with Gasteiger partial charge in [-0.3, -0.25) is 9.59 Å². The van der Waals surface area contributed by atoms with E-state index in [0.717, 1.165) is 36.8 Å². The van der Waals surface area contributed by atoms with E-state index in [1.807, 2.05) is 26.0 Å². The molecule has 0 radical (unpaired) electrons. The second-order valence-electron chi connectivity index (χ2n) is 14.8. The summed E-state index contributed by atoms with van der Waals surface area (Å²) in [6.07, 6.45) is 6.93. The van der Waals surface area contributed by atoms with Crippen molar-refractivity contribution >= 4 is 30.6 Å². The zero-order chi connectivity index (χ0) is 34.0. The quantitative estimate of drug-likeness (QED) is 0.110. The van der Waals surface area contributed by atoms with Gasteiger partial charge in [0.2, 0.25) is 0 Å². The Kier molecular flexibility index (Phi) is 10.4. The molecule has 5 atom stereocenters. The van der Waals surface area contributed by atoms with Crippen molar-refractivity contribution in [3.8, 4) is 0 Å². The highest BCUT2D eigenvalue weighted by atomic mass is 28.4. The lowest BCUT2D eigenvalue weighted by Gasteiger charge is -2.49. The van der Waals surface area contributed by atoms with Crippen molar-refractivity contribution in [3.63, 3.8) is 0 Å². The summed E-state index contributed by atoms with van der Waals surface area (Å²) in [7, 11) is -2.94. The summed E-state index contributed by atoms with van der Waals surface area (Å²) in [6, 6.07) is 21.1. The van der Waals surface area contributed by atoms with Gasteiger partial charge in [0.25, 0.3) is 8.32 Å². The lowest BCUT2D eigenvalue weighted by atomic mass is 9.72. The summed E-state index contributed by atoms with van der Waals surface area (Å²) >= 11 is 0. The lowest BCUT2D eigenvalue weighted by molar-refractivity contribution is -0.208. The van der Waals surface area contributed by atoms with Crippen LogP contribution in [0, 0.1) is 0 Å². The Hall–Kier alpha value is -3.04. The van der Waals surface area contributed by atoms with Gasteiger partial charge in [0.15, 0.2) is 6.10 Å². The van der Waals surface area contributed by atoms with E-state index in [0.29, 0.717) is 6.42 Å². The molecule has 1 aliphatic carbocycles. The van der Waals surface area contributed by atoms with Crippen molar-refractivity contribution in [1.82, 2.24) is 0 Å². The first kappa shape index (κ1) is 35.3. The highest BCUT2D eigenvalue weighted by Gasteiger charge is 2.74. The molecule has 0 amide bonds. The van der Waals surface area contributed by atoms with Crippen molar-refractivity contribution in [2.45, 2.75) is 128 Å². The maximum atomic E-state index is 12.6. The van der Waals surface area contributed by atoms with Gasteiger partial charge in [0.1, 0.15) is 29.5 Å². The van der Waals surface area contributed by atoms with E-state index in [9.17, 15) is 9.59 Å². The maximum absolute atomic E-state index is 12.6. The molecule has 1 spiro atoms. The molecular formula is C39H52O7Si. The number of benzene rings is 2. The molecule has 2 aromatic carbocycles. The molecule has 2 aliphatic heterocycles. The number of hydrogen-bond donors (Lipinski definition) is 0. The van der Waals surface area contributed by atoms with Gasteiger partial charge in [0, 0.05) is 20.3 Å². The number of carbonyl (C=O) groups excluding carboxylic acids is 2. The van der Waals surface area contributed by atoms with Gasteiger partial charge < -0.3 is 23.4 Å². The molecule has 3 aliphatic rings. The van der Waals surface area contributed by atoms with E-state index in [2.05, 4.69) is 88.4 Å². The van der Waals surface area contributed by atoms with E-state index in [1.54, 1.807) is 0 Å². The second kappa shape index (κ2) is 13.8. The zero-order valence-corrected chi connectivity index (χ0v) is 30.3. The van der Waals surface area contributed by atoms with E-state index < -0.39 is 43.9 Å². The lowest BCUT2D eigenvalue weighted by Crippen LogP contribution is -2.67. The second-order valence-corrected chi connectivity index (χ2v) is 19.1. The predicted octanol–water partition coefficient (Wildman–Crippen LogP) is 6.58. The number of hydrogen-bond acceptors (Lipinski definition) is 7. The molecule has 8 heteroatoms. The molecule has 0 unspecified atom stereocenters. The monoisotopic (exact) mass is 660 g/mol. The number of allylic oxidation sites excluding steroid dienone is 1. The number of ether oxygens (including phenoxy) is 4. The van der Waals surface area contributed by atoms with E-state index in [-0.39, 0.29) is 23.6 Å². The third-order valence-electron chi connectivity index (χ3n) is 9.92. The molecule has 7 nitrogen and oxygen atoms in total. The third kappa shape index (κ3) is 6.93. The standard InChI is InChI=1S/C39H52O7Si/c1-9-10-11-12-19-24-31-32(26-42-47(37(4,5)6,29-20-15-13-16-21-29)30-22-17-14-18-23-30)35-39(36(46-39)34(31)44-28(3)41)25-33(43-27(2)40)38(7,8)45-35/h13-24,33-36H,9-12,25-26H2,1-8H3/b24-19+/t33-,34+,35-,36-,39+/m1/s1. The van der Waals surface area contributed by atoms with Gasteiger partial charge in [-0.05, 0) is 53.2 Å². The Bertz CT molecular complexity index is 1440. The van der Waals surface area contributed by atoms with E-state index in [4.69, 9.17) is 23.4 Å². The molecule has 0 bridgehead atoms. The van der Waals surface area contributed by atoms with Crippen LogP contribution in [0.25, 0.3) is 0 Å². The smallest absolute Gasteiger partial charge is 0.303 e. The first-order valence-corrected chi connectivity index (χ1v) is 19.0. The molecule has 0 aromatic heterocycles. The average molecular weight is 661 g/mol. The molecule has 5 rings (SSSR count). The van der Waals surface area contributed by atoms with Gasteiger partial charge in [-0.1, -0.05) is 113 Å². The number of esters is 2. The average Bonchev–Trinajstić information content (AvgIpc) is 3.73. The molecule has 2 fully saturated rings. The summed E-state index contributed by atoms with van der Waals surface area (Å²) in [6.45, 7) is 16.0. The van der Waals surface area contributed by atoms with Crippen LogP contribution in [0.5, 0.6) is 0 Å². The highest BCUT2D eigenvalue weighted by molar-refractivity contribution is 6.99. The van der Waals surface area contributed by atoms with E-state index >= 15 is 0 Å². The van der Waals surface area contributed by atoms with Crippen LogP contribution in [0.2, 0.25) is 5.04 Å². The molecule has 0 saturated carbocycles. The summed E-state index contributed by atoms with van der Waals surface area (Å²) in [4.78, 5) is 24.7. The van der Waals surface area contributed by atoms with Crippen molar-refractivity contribution < 1.29 is 33.0 Å². The van der Waals surface area contributed by atoms with Gasteiger partial charge in [-0.2, -0.15) is 0 Å². The molecule has 2 heterocycles. The number of rotatable bonds is 12. The predicted molar refractivity (Wildman–Crippen MR) is 186 cm³/mol. The largest absolute Gasteiger partial charge is 0.459 e. The normalized spacial score (nSPS) is 26.8. The van der Waals surface area contributed by atoms with Crippen molar-refractivity contribution in [1.29, 1.82) is 0 Å². The third-order valence-corrected chi connectivity index (χ3v) is 14.9. The van der Waals surface area contributed by atoms with Crippen LogP contribution in [0.1, 0.15) is 87.5 Å². The summed E-state index contributed by atoms with van der Waals surface area (Å²) < 4.78 is 32.8. The minimum absolute atomic E-state index is 0.236. The molecular weight excluding hydrogens is 609 g/mol. The van der Waals surface area contributed by atoms with E-state index in [1.165, 1.54) is 24.2 Å². The first-order chi connectivity index (χ1) is 22.3. The Balaban J connectivity index is 1.66. The van der Waals surface area contributed by atoms with Crippen LogP contribution in [0.15, 0.2) is 84.0 Å². The number of unbranched alkanes of at least 4 members (excludes halogenated alkanes) is 3. The fourth-order valence-electron chi connectivity index (χ4n) is 7.60. The Morgan fingerprint density at radius 1 is 0.915 bits per heavy atom. The van der Waals surface area contributed by atoms with Crippen LogP contribution in [-0.4, -0.2) is 62.5 Å². The van der Waals surface area contributed by atoms with Crippen LogP contribution < -0.4 is 10.4 Å². The Morgan fingerprint density at radius 3 is 2.04 bits per heavy atom. The first-order valence-electron chi connectivity index (χ1n) is 17.1. The fraction of sp³-hybridized carbons (Fsp3) is 0.538. The molecule has 2 aromatic rings. The van der Waals surface area contributed by atoms with Gasteiger partial charge in [-0.25, -0.2) is 0 Å². The number of epoxide rings is 1. The summed E-state index contributed by atoms with van der Waals surface area (Å²) in [5, 5.41) is 2.12. The molecule has 2 saturated heterocycles. The minimum Gasteiger partial charge on any atom is -0.459 e. The van der Waals surface area contributed by atoms with Crippen molar-refractivity contribution in [2.75, 3.05) is 6.61 Å². The molecule has 254 valence electrons. The van der Waals surface area contributed by atoms with Crippen LogP contribution in [0.3, 0.4) is 0 Å². The molecule has 47 heavy (non-hydrogen) atoms. The topological polar surface area (TPSA) is 83.6 Å². The van der Waals surface area contributed by atoms with Crippen LogP contribution >= 0.6 is 0 Å². The number of carbonyl (C=O) groups is 2. The van der Waals surface area contributed by atoms with Gasteiger partial charge in [-0.15, -0.1) is 0 Å².